The smallest absolute Gasteiger partial charge is 0.251 e. The fourth-order valence-electron chi connectivity index (χ4n) is 2.34. The number of hydrogen-bond donors (Lipinski definition) is 2. The highest BCUT2D eigenvalue weighted by Crippen LogP contribution is 2.18. The van der Waals surface area contributed by atoms with Crippen LogP contribution in [0.25, 0.3) is 11.4 Å². The molecule has 0 bridgehead atoms. The molecular weight excluding hydrogens is 323 g/mol. The molecule has 3 N–H and O–H groups in total. The van der Waals surface area contributed by atoms with Gasteiger partial charge in [-0.15, -0.1) is 0 Å². The molecule has 128 valence electrons. The van der Waals surface area contributed by atoms with Crippen LogP contribution in [-0.2, 0) is 13.0 Å². The lowest BCUT2D eigenvalue weighted by atomic mass is 10.1. The van der Waals surface area contributed by atoms with E-state index in [9.17, 15) is 9.18 Å². The predicted octanol–water partition coefficient (Wildman–Crippen LogP) is 3.15. The molecule has 0 saturated carbocycles. The molecule has 1 aromatic heterocycles. The Balaban J connectivity index is 1.67. The fraction of sp³-hybridized carbons (Fsp3) is 0.167. The summed E-state index contributed by atoms with van der Waals surface area (Å²) in [5, 5.41) is 6.91. The standard InChI is InChI=1S/C18H17FN4O2/c1-2-11-3-5-12(6-4-11)18-22-16(25-23-18)10-21-13-7-8-14(17(20)24)15(19)9-13/h3-9,21H,2,10H2,1H3,(H2,20,24). The summed E-state index contributed by atoms with van der Waals surface area (Å²) < 4.78 is 18.9. The van der Waals surface area contributed by atoms with Gasteiger partial charge in [-0.05, 0) is 30.2 Å². The second-order valence-electron chi connectivity index (χ2n) is 5.47. The number of nitrogens with two attached hydrogens (primary N) is 1. The highest BCUT2D eigenvalue weighted by atomic mass is 19.1. The number of carbonyl (C=O) groups excluding carboxylic acids is 1. The summed E-state index contributed by atoms with van der Waals surface area (Å²) in [6.07, 6.45) is 0.965. The minimum absolute atomic E-state index is 0.152. The minimum atomic E-state index is -0.806. The van der Waals surface area contributed by atoms with Gasteiger partial charge in [0.15, 0.2) is 0 Å². The summed E-state index contributed by atoms with van der Waals surface area (Å²) in [4.78, 5) is 15.3. The molecule has 1 heterocycles. The number of nitrogens with one attached hydrogen (secondary N) is 1. The van der Waals surface area contributed by atoms with E-state index in [-0.39, 0.29) is 12.1 Å². The number of benzene rings is 2. The molecule has 6 nitrogen and oxygen atoms in total. The van der Waals surface area contributed by atoms with Gasteiger partial charge in [0.25, 0.3) is 5.91 Å². The van der Waals surface area contributed by atoms with Crippen molar-refractivity contribution in [1.82, 2.24) is 10.1 Å². The van der Waals surface area contributed by atoms with Gasteiger partial charge >= 0.3 is 0 Å². The Bertz CT molecular complexity index is 890. The SMILES string of the molecule is CCc1ccc(-c2noc(CNc3ccc(C(N)=O)c(F)c3)n2)cc1. The first-order valence-corrected chi connectivity index (χ1v) is 7.82. The minimum Gasteiger partial charge on any atom is -0.376 e. The second-order valence-corrected chi connectivity index (χ2v) is 5.47. The monoisotopic (exact) mass is 340 g/mol. The van der Waals surface area contributed by atoms with Crippen molar-refractivity contribution in [3.8, 4) is 11.4 Å². The van der Waals surface area contributed by atoms with Gasteiger partial charge in [0.1, 0.15) is 5.82 Å². The lowest BCUT2D eigenvalue weighted by Crippen LogP contribution is -2.13. The second kappa shape index (κ2) is 7.12. The lowest BCUT2D eigenvalue weighted by molar-refractivity contribution is 0.0996. The van der Waals surface area contributed by atoms with Crippen molar-refractivity contribution in [3.63, 3.8) is 0 Å². The number of nitrogens with zero attached hydrogens (tertiary/aromatic N) is 2. The Labute approximate surface area is 143 Å². The number of hydrogen-bond acceptors (Lipinski definition) is 5. The highest BCUT2D eigenvalue weighted by molar-refractivity contribution is 5.93. The molecule has 0 aliphatic rings. The number of aryl methyl sites for hydroxylation is 1. The molecule has 0 unspecified atom stereocenters. The zero-order valence-corrected chi connectivity index (χ0v) is 13.6. The third-order valence-corrected chi connectivity index (χ3v) is 3.77. The summed E-state index contributed by atoms with van der Waals surface area (Å²) in [6, 6.07) is 12.0. The molecule has 2 aromatic carbocycles. The molecular formula is C18H17FN4O2. The van der Waals surface area contributed by atoms with Crippen molar-refractivity contribution in [3.05, 3.63) is 65.3 Å². The summed E-state index contributed by atoms with van der Waals surface area (Å²) in [5.74, 6) is -0.622. The first kappa shape index (κ1) is 16.6. The van der Waals surface area contributed by atoms with Crippen molar-refractivity contribution in [2.45, 2.75) is 19.9 Å². The van der Waals surface area contributed by atoms with Crippen molar-refractivity contribution >= 4 is 11.6 Å². The van der Waals surface area contributed by atoms with Crippen molar-refractivity contribution < 1.29 is 13.7 Å². The van der Waals surface area contributed by atoms with Crippen LogP contribution in [0.15, 0.2) is 47.0 Å². The topological polar surface area (TPSA) is 94.0 Å². The Hall–Kier alpha value is -3.22. The number of carbonyl (C=O) groups is 1. The number of aromatic nitrogens is 2. The van der Waals surface area contributed by atoms with E-state index in [0.29, 0.717) is 17.4 Å². The van der Waals surface area contributed by atoms with Crippen LogP contribution in [0.4, 0.5) is 10.1 Å². The van der Waals surface area contributed by atoms with Gasteiger partial charge in [-0.25, -0.2) is 4.39 Å². The van der Waals surface area contributed by atoms with Crippen LogP contribution in [-0.4, -0.2) is 16.0 Å². The van der Waals surface area contributed by atoms with E-state index >= 15 is 0 Å². The van der Waals surface area contributed by atoms with Crippen LogP contribution in [0, 0.1) is 5.82 Å². The van der Waals surface area contributed by atoms with E-state index in [1.807, 2.05) is 24.3 Å². The van der Waals surface area contributed by atoms with E-state index in [0.717, 1.165) is 12.0 Å². The predicted molar refractivity (Wildman–Crippen MR) is 91.4 cm³/mol. The van der Waals surface area contributed by atoms with Gasteiger partial charge in [0.05, 0.1) is 12.1 Å². The molecule has 0 aliphatic carbocycles. The number of primary amides is 1. The molecule has 1 amide bonds. The molecule has 0 atom stereocenters. The van der Waals surface area contributed by atoms with Crippen LogP contribution in [0.2, 0.25) is 0 Å². The molecule has 0 aliphatic heterocycles. The average Bonchev–Trinajstić information content (AvgIpc) is 3.09. The number of anilines is 1. The van der Waals surface area contributed by atoms with Crippen molar-refractivity contribution in [1.29, 1.82) is 0 Å². The average molecular weight is 340 g/mol. The van der Waals surface area contributed by atoms with Crippen LogP contribution < -0.4 is 11.1 Å². The van der Waals surface area contributed by atoms with Gasteiger partial charge in [-0.1, -0.05) is 36.3 Å². The highest BCUT2D eigenvalue weighted by Gasteiger charge is 2.11. The van der Waals surface area contributed by atoms with Gasteiger partial charge in [-0.3, -0.25) is 4.79 Å². The number of rotatable bonds is 6. The first-order chi connectivity index (χ1) is 12.1. The zero-order valence-electron chi connectivity index (χ0n) is 13.6. The Morgan fingerprint density at radius 3 is 2.64 bits per heavy atom. The summed E-state index contributed by atoms with van der Waals surface area (Å²) in [5.41, 5.74) is 7.50. The molecule has 0 saturated heterocycles. The van der Waals surface area contributed by atoms with E-state index in [2.05, 4.69) is 22.4 Å². The number of amides is 1. The zero-order chi connectivity index (χ0) is 17.8. The summed E-state index contributed by atoms with van der Waals surface area (Å²) in [6.45, 7) is 2.32. The maximum atomic E-state index is 13.7. The maximum Gasteiger partial charge on any atom is 0.251 e. The van der Waals surface area contributed by atoms with Crippen LogP contribution >= 0.6 is 0 Å². The lowest BCUT2D eigenvalue weighted by Gasteiger charge is -2.05. The third kappa shape index (κ3) is 3.82. The largest absolute Gasteiger partial charge is 0.376 e. The Morgan fingerprint density at radius 1 is 1.24 bits per heavy atom. The Kier molecular flexibility index (Phi) is 4.74. The van der Waals surface area contributed by atoms with Gasteiger partial charge in [-0.2, -0.15) is 4.98 Å². The summed E-state index contributed by atoms with van der Waals surface area (Å²) in [7, 11) is 0. The quantitative estimate of drug-likeness (QED) is 0.719. The van der Waals surface area contributed by atoms with E-state index in [1.54, 1.807) is 6.07 Å². The maximum absolute atomic E-state index is 13.7. The van der Waals surface area contributed by atoms with E-state index in [1.165, 1.54) is 17.7 Å². The molecule has 0 radical (unpaired) electrons. The summed E-state index contributed by atoms with van der Waals surface area (Å²) >= 11 is 0. The van der Waals surface area contributed by atoms with Gasteiger partial charge in [0, 0.05) is 11.3 Å². The molecule has 25 heavy (non-hydrogen) atoms. The molecule has 0 fully saturated rings. The molecule has 7 heteroatoms. The van der Waals surface area contributed by atoms with Crippen LogP contribution in [0.5, 0.6) is 0 Å². The van der Waals surface area contributed by atoms with E-state index < -0.39 is 11.7 Å². The van der Waals surface area contributed by atoms with Crippen molar-refractivity contribution in [2.75, 3.05) is 5.32 Å². The van der Waals surface area contributed by atoms with Gasteiger partial charge < -0.3 is 15.6 Å². The fourth-order valence-corrected chi connectivity index (χ4v) is 2.34. The molecule has 3 aromatic rings. The van der Waals surface area contributed by atoms with Crippen LogP contribution in [0.1, 0.15) is 28.7 Å². The third-order valence-electron chi connectivity index (χ3n) is 3.77. The first-order valence-electron chi connectivity index (χ1n) is 7.82. The van der Waals surface area contributed by atoms with E-state index in [4.69, 9.17) is 10.3 Å². The van der Waals surface area contributed by atoms with Crippen molar-refractivity contribution in [2.24, 2.45) is 5.73 Å². The number of halogens is 1. The van der Waals surface area contributed by atoms with Crippen LogP contribution in [0.3, 0.4) is 0 Å². The molecule has 0 spiro atoms. The Morgan fingerprint density at radius 2 is 2.00 bits per heavy atom. The van der Waals surface area contributed by atoms with Gasteiger partial charge in [0.2, 0.25) is 11.7 Å². The normalized spacial score (nSPS) is 10.6. The molecule has 3 rings (SSSR count).